The standard InChI is InChI=1S/C22H27N3O2/c1-23-22(27)24-21(26)20(19-10-6-3-7-11-19)25-14-12-18(13-15-25)16-17-8-4-2-5-9-17/h2-11,18,20H,12-16H2,1H3,(H2,23,24,26,27)/t20-/m1/s1. The van der Waals surface area contributed by atoms with E-state index in [4.69, 9.17) is 0 Å². The van der Waals surface area contributed by atoms with E-state index < -0.39 is 12.1 Å². The molecule has 142 valence electrons. The molecule has 27 heavy (non-hydrogen) atoms. The predicted molar refractivity (Wildman–Crippen MR) is 106 cm³/mol. The maximum atomic E-state index is 12.8. The van der Waals surface area contributed by atoms with Gasteiger partial charge < -0.3 is 5.32 Å². The lowest BCUT2D eigenvalue weighted by Crippen LogP contribution is -2.47. The van der Waals surface area contributed by atoms with Crippen molar-refractivity contribution < 1.29 is 9.59 Å². The van der Waals surface area contributed by atoms with Crippen molar-refractivity contribution in [2.75, 3.05) is 20.1 Å². The largest absolute Gasteiger partial charge is 0.341 e. The van der Waals surface area contributed by atoms with Crippen LogP contribution in [0.5, 0.6) is 0 Å². The van der Waals surface area contributed by atoms with Crippen LogP contribution in [0.15, 0.2) is 60.7 Å². The highest BCUT2D eigenvalue weighted by Crippen LogP contribution is 2.29. The van der Waals surface area contributed by atoms with E-state index in [0.29, 0.717) is 5.92 Å². The second kappa shape index (κ2) is 9.33. The van der Waals surface area contributed by atoms with Gasteiger partial charge in [-0.3, -0.25) is 15.0 Å². The fraction of sp³-hybridized carbons (Fsp3) is 0.364. The maximum absolute atomic E-state index is 12.8. The average molecular weight is 365 g/mol. The van der Waals surface area contributed by atoms with Crippen LogP contribution < -0.4 is 10.6 Å². The topological polar surface area (TPSA) is 61.4 Å². The van der Waals surface area contributed by atoms with Crippen molar-refractivity contribution in [3.8, 4) is 0 Å². The molecule has 3 rings (SSSR count). The third-order valence-corrected chi connectivity index (χ3v) is 5.21. The SMILES string of the molecule is CNC(=O)NC(=O)[C@@H](c1ccccc1)N1CCC(Cc2ccccc2)CC1. The molecule has 2 N–H and O–H groups in total. The number of imide groups is 1. The number of piperidine rings is 1. The lowest BCUT2D eigenvalue weighted by Gasteiger charge is -2.37. The molecule has 0 unspecified atom stereocenters. The fourth-order valence-electron chi connectivity index (χ4n) is 3.77. The molecule has 2 aromatic carbocycles. The van der Waals surface area contributed by atoms with Gasteiger partial charge in [0.15, 0.2) is 0 Å². The Morgan fingerprint density at radius 2 is 1.59 bits per heavy atom. The first kappa shape index (κ1) is 19.1. The molecule has 1 aliphatic heterocycles. The molecule has 1 saturated heterocycles. The van der Waals surface area contributed by atoms with Crippen LogP contribution >= 0.6 is 0 Å². The molecule has 0 radical (unpaired) electrons. The van der Waals surface area contributed by atoms with Crippen molar-refractivity contribution in [1.82, 2.24) is 15.5 Å². The zero-order chi connectivity index (χ0) is 19.1. The smallest absolute Gasteiger partial charge is 0.321 e. The van der Waals surface area contributed by atoms with Crippen LogP contribution in [0.1, 0.15) is 30.0 Å². The number of amides is 3. The van der Waals surface area contributed by atoms with Crippen molar-refractivity contribution in [2.24, 2.45) is 5.92 Å². The van der Waals surface area contributed by atoms with Gasteiger partial charge in [-0.05, 0) is 49.4 Å². The van der Waals surface area contributed by atoms with Crippen LogP contribution in [0.25, 0.3) is 0 Å². The van der Waals surface area contributed by atoms with E-state index in [-0.39, 0.29) is 5.91 Å². The van der Waals surface area contributed by atoms with Crippen LogP contribution in [0.3, 0.4) is 0 Å². The van der Waals surface area contributed by atoms with Gasteiger partial charge in [0.1, 0.15) is 6.04 Å². The molecule has 1 aliphatic rings. The molecule has 0 aromatic heterocycles. The Labute approximate surface area is 160 Å². The molecule has 1 heterocycles. The lowest BCUT2D eigenvalue weighted by atomic mass is 9.89. The summed E-state index contributed by atoms with van der Waals surface area (Å²) in [6.45, 7) is 1.69. The Hall–Kier alpha value is -2.66. The molecule has 0 aliphatic carbocycles. The summed E-state index contributed by atoms with van der Waals surface area (Å²) in [5.74, 6) is 0.351. The summed E-state index contributed by atoms with van der Waals surface area (Å²) in [4.78, 5) is 26.6. The number of hydrogen-bond acceptors (Lipinski definition) is 3. The van der Waals surface area contributed by atoms with Gasteiger partial charge in [-0.1, -0.05) is 60.7 Å². The van der Waals surface area contributed by atoms with Crippen LogP contribution in [-0.2, 0) is 11.2 Å². The van der Waals surface area contributed by atoms with Gasteiger partial charge in [0, 0.05) is 7.05 Å². The van der Waals surface area contributed by atoms with E-state index in [1.807, 2.05) is 36.4 Å². The number of rotatable bonds is 5. The quantitative estimate of drug-likeness (QED) is 0.856. The van der Waals surface area contributed by atoms with Gasteiger partial charge in [0.25, 0.3) is 0 Å². The molecule has 0 saturated carbocycles. The lowest BCUT2D eigenvalue weighted by molar-refractivity contribution is -0.126. The summed E-state index contributed by atoms with van der Waals surface area (Å²) in [6, 6.07) is 19.3. The van der Waals surface area contributed by atoms with Crippen molar-refractivity contribution in [3.63, 3.8) is 0 Å². The van der Waals surface area contributed by atoms with E-state index in [1.54, 1.807) is 0 Å². The van der Waals surface area contributed by atoms with Crippen LogP contribution in [0, 0.1) is 5.92 Å². The third kappa shape index (κ3) is 5.17. The molecule has 0 bridgehead atoms. The molecule has 3 amide bonds. The summed E-state index contributed by atoms with van der Waals surface area (Å²) in [5.41, 5.74) is 2.29. The molecule has 5 nitrogen and oxygen atoms in total. The summed E-state index contributed by atoms with van der Waals surface area (Å²) in [7, 11) is 1.51. The summed E-state index contributed by atoms with van der Waals surface area (Å²) in [5, 5.41) is 4.90. The Balaban J connectivity index is 1.67. The highest BCUT2D eigenvalue weighted by atomic mass is 16.2. The van der Waals surface area contributed by atoms with Gasteiger partial charge in [-0.25, -0.2) is 4.79 Å². The highest BCUT2D eigenvalue weighted by molar-refractivity contribution is 5.97. The number of benzene rings is 2. The number of nitrogens with one attached hydrogen (secondary N) is 2. The Morgan fingerprint density at radius 1 is 1.00 bits per heavy atom. The minimum Gasteiger partial charge on any atom is -0.341 e. The Bertz CT molecular complexity index is 741. The van der Waals surface area contributed by atoms with E-state index in [1.165, 1.54) is 12.6 Å². The van der Waals surface area contributed by atoms with Crippen molar-refractivity contribution in [2.45, 2.75) is 25.3 Å². The highest BCUT2D eigenvalue weighted by Gasteiger charge is 2.31. The second-order valence-electron chi connectivity index (χ2n) is 7.05. The second-order valence-corrected chi connectivity index (χ2v) is 7.05. The van der Waals surface area contributed by atoms with Crippen molar-refractivity contribution in [1.29, 1.82) is 0 Å². The molecule has 2 aromatic rings. The zero-order valence-corrected chi connectivity index (χ0v) is 15.7. The first-order valence-corrected chi connectivity index (χ1v) is 9.53. The summed E-state index contributed by atoms with van der Waals surface area (Å²) >= 11 is 0. The zero-order valence-electron chi connectivity index (χ0n) is 15.7. The first-order valence-electron chi connectivity index (χ1n) is 9.53. The van der Waals surface area contributed by atoms with Gasteiger partial charge in [0.05, 0.1) is 0 Å². The normalized spacial score (nSPS) is 16.5. The van der Waals surface area contributed by atoms with Gasteiger partial charge in [0.2, 0.25) is 5.91 Å². The summed E-state index contributed by atoms with van der Waals surface area (Å²) in [6.07, 6.45) is 3.17. The third-order valence-electron chi connectivity index (χ3n) is 5.21. The number of hydrogen-bond donors (Lipinski definition) is 2. The van der Waals surface area contributed by atoms with E-state index in [9.17, 15) is 9.59 Å². The minimum atomic E-state index is -0.472. The van der Waals surface area contributed by atoms with E-state index >= 15 is 0 Å². The predicted octanol–water partition coefficient (Wildman–Crippen LogP) is 3.14. The average Bonchev–Trinajstić information content (AvgIpc) is 2.71. The van der Waals surface area contributed by atoms with Crippen molar-refractivity contribution >= 4 is 11.9 Å². The number of nitrogens with zero attached hydrogens (tertiary/aromatic N) is 1. The number of carbonyl (C=O) groups is 2. The van der Waals surface area contributed by atoms with Crippen molar-refractivity contribution in [3.05, 3.63) is 71.8 Å². The number of likely N-dealkylation sites (tertiary alicyclic amines) is 1. The monoisotopic (exact) mass is 365 g/mol. The van der Waals surface area contributed by atoms with E-state index in [0.717, 1.165) is 37.9 Å². The van der Waals surface area contributed by atoms with Gasteiger partial charge >= 0.3 is 6.03 Å². The van der Waals surface area contributed by atoms with Crippen LogP contribution in [0.2, 0.25) is 0 Å². The number of carbonyl (C=O) groups excluding carboxylic acids is 2. The maximum Gasteiger partial charge on any atom is 0.321 e. The van der Waals surface area contributed by atoms with Gasteiger partial charge in [-0.15, -0.1) is 0 Å². The van der Waals surface area contributed by atoms with Gasteiger partial charge in [-0.2, -0.15) is 0 Å². The van der Waals surface area contributed by atoms with Crippen LogP contribution in [-0.4, -0.2) is 37.0 Å². The Morgan fingerprint density at radius 3 is 2.19 bits per heavy atom. The molecule has 1 atom stereocenters. The van der Waals surface area contributed by atoms with E-state index in [2.05, 4.69) is 39.8 Å². The Kier molecular flexibility index (Phi) is 6.60. The summed E-state index contributed by atoms with van der Waals surface area (Å²) < 4.78 is 0. The number of urea groups is 1. The fourth-order valence-corrected chi connectivity index (χ4v) is 3.77. The first-order chi connectivity index (χ1) is 13.2. The molecule has 0 spiro atoms. The molecular formula is C22H27N3O2. The molecule has 1 fully saturated rings. The minimum absolute atomic E-state index is 0.276. The molecule has 5 heteroatoms. The molecular weight excluding hydrogens is 338 g/mol. The van der Waals surface area contributed by atoms with Crippen LogP contribution in [0.4, 0.5) is 4.79 Å².